The molecule has 0 fully saturated rings. The van der Waals surface area contributed by atoms with E-state index < -0.39 is 17.6 Å². The van der Waals surface area contributed by atoms with E-state index in [1.807, 2.05) is 0 Å². The Morgan fingerprint density at radius 2 is 2.06 bits per heavy atom. The first-order chi connectivity index (χ1) is 7.83. The van der Waals surface area contributed by atoms with Crippen LogP contribution in [-0.2, 0) is 0 Å². The van der Waals surface area contributed by atoms with E-state index in [-0.39, 0.29) is 17.9 Å². The molecule has 1 aromatic rings. The number of nitro groups is 1. The van der Waals surface area contributed by atoms with Crippen LogP contribution in [0, 0.1) is 10.1 Å². The second kappa shape index (κ2) is 5.03. The molecule has 17 heavy (non-hydrogen) atoms. The highest BCUT2D eigenvalue weighted by atomic mass is 19.4. The van der Waals surface area contributed by atoms with Crippen LogP contribution in [0.25, 0.3) is 0 Å². The van der Waals surface area contributed by atoms with E-state index in [0.29, 0.717) is 0 Å². The van der Waals surface area contributed by atoms with E-state index in [0.717, 1.165) is 11.0 Å². The van der Waals surface area contributed by atoms with Crippen molar-refractivity contribution < 1.29 is 18.1 Å². The average Bonchev–Trinajstić information content (AvgIpc) is 2.25. The lowest BCUT2D eigenvalue weighted by Crippen LogP contribution is -2.34. The zero-order valence-corrected chi connectivity index (χ0v) is 9.07. The number of non-ortho nitro benzene ring substituents is 1. The zero-order valence-electron chi connectivity index (χ0n) is 9.07. The van der Waals surface area contributed by atoms with E-state index in [4.69, 9.17) is 0 Å². The van der Waals surface area contributed by atoms with Gasteiger partial charge in [-0.05, 0) is 13.0 Å². The molecule has 0 aliphatic carbocycles. The van der Waals surface area contributed by atoms with Crippen LogP contribution in [0.4, 0.5) is 24.5 Å². The minimum Gasteiger partial charge on any atom is -0.363 e. The summed E-state index contributed by atoms with van der Waals surface area (Å²) in [4.78, 5) is 10.9. The van der Waals surface area contributed by atoms with Gasteiger partial charge in [-0.3, -0.25) is 10.1 Å². The van der Waals surface area contributed by atoms with Crippen molar-refractivity contribution >= 4 is 11.4 Å². The number of anilines is 1. The Morgan fingerprint density at radius 3 is 2.53 bits per heavy atom. The number of benzene rings is 1. The van der Waals surface area contributed by atoms with E-state index >= 15 is 0 Å². The van der Waals surface area contributed by atoms with Crippen molar-refractivity contribution in [1.29, 1.82) is 0 Å². The maximum Gasteiger partial charge on any atom is 0.405 e. The number of rotatable bonds is 4. The van der Waals surface area contributed by atoms with Gasteiger partial charge in [0.05, 0.1) is 4.92 Å². The fourth-order valence-corrected chi connectivity index (χ4v) is 1.41. The Labute approximate surface area is 95.8 Å². The monoisotopic (exact) mass is 248 g/mol. The van der Waals surface area contributed by atoms with Gasteiger partial charge in [0.1, 0.15) is 6.54 Å². The molecule has 0 unspecified atom stereocenters. The van der Waals surface area contributed by atoms with Gasteiger partial charge in [-0.25, -0.2) is 0 Å². The molecule has 0 saturated heterocycles. The number of alkyl halides is 3. The van der Waals surface area contributed by atoms with Crippen molar-refractivity contribution in [1.82, 2.24) is 0 Å². The predicted octanol–water partition coefficient (Wildman–Crippen LogP) is 2.98. The minimum atomic E-state index is -4.33. The topological polar surface area (TPSA) is 46.4 Å². The van der Waals surface area contributed by atoms with Crippen molar-refractivity contribution in [2.75, 3.05) is 18.0 Å². The zero-order chi connectivity index (χ0) is 13.1. The molecule has 0 amide bonds. The van der Waals surface area contributed by atoms with Gasteiger partial charge in [-0.1, -0.05) is 6.07 Å². The smallest absolute Gasteiger partial charge is 0.363 e. The van der Waals surface area contributed by atoms with Crippen LogP contribution in [0.2, 0.25) is 0 Å². The lowest BCUT2D eigenvalue weighted by molar-refractivity contribution is -0.384. The van der Waals surface area contributed by atoms with Crippen molar-refractivity contribution in [2.24, 2.45) is 0 Å². The Bertz CT molecular complexity index is 407. The van der Waals surface area contributed by atoms with Gasteiger partial charge in [-0.2, -0.15) is 13.2 Å². The standard InChI is InChI=1S/C10H11F3N2O2/c1-2-14(7-10(11,12)13)8-4-3-5-9(6-8)15(16)17/h3-6H,2,7H2,1H3. The molecular weight excluding hydrogens is 237 g/mol. The van der Waals surface area contributed by atoms with Crippen LogP contribution in [-0.4, -0.2) is 24.2 Å². The third-order valence-corrected chi connectivity index (χ3v) is 2.16. The summed E-state index contributed by atoms with van der Waals surface area (Å²) in [5.41, 5.74) is -0.0258. The number of hydrogen-bond donors (Lipinski definition) is 0. The molecule has 0 N–H and O–H groups in total. The highest BCUT2D eigenvalue weighted by Gasteiger charge is 2.30. The molecule has 0 saturated carbocycles. The fraction of sp³-hybridized carbons (Fsp3) is 0.400. The third kappa shape index (κ3) is 3.93. The van der Waals surface area contributed by atoms with E-state index in [1.54, 1.807) is 6.92 Å². The summed E-state index contributed by atoms with van der Waals surface area (Å²) in [5, 5.41) is 10.5. The molecule has 0 radical (unpaired) electrons. The molecule has 1 rings (SSSR count). The highest BCUT2D eigenvalue weighted by Crippen LogP contribution is 2.24. The number of nitro benzene ring substituents is 1. The first-order valence-electron chi connectivity index (χ1n) is 4.89. The summed E-state index contributed by atoms with van der Waals surface area (Å²) in [6.45, 7) is 0.565. The van der Waals surface area contributed by atoms with Gasteiger partial charge in [0.25, 0.3) is 5.69 Å². The Kier molecular flexibility index (Phi) is 3.93. The van der Waals surface area contributed by atoms with Crippen LogP contribution in [0.15, 0.2) is 24.3 Å². The Balaban J connectivity index is 2.96. The molecule has 0 aliphatic heterocycles. The van der Waals surface area contributed by atoms with Gasteiger partial charge in [0.15, 0.2) is 0 Å². The van der Waals surface area contributed by atoms with Crippen LogP contribution in [0.1, 0.15) is 6.92 Å². The number of nitrogens with zero attached hydrogens (tertiary/aromatic N) is 2. The number of halogens is 3. The molecular formula is C10H11F3N2O2. The second-order valence-electron chi connectivity index (χ2n) is 3.41. The first-order valence-corrected chi connectivity index (χ1v) is 4.89. The van der Waals surface area contributed by atoms with Crippen molar-refractivity contribution in [3.63, 3.8) is 0 Å². The van der Waals surface area contributed by atoms with Crippen LogP contribution in [0.3, 0.4) is 0 Å². The Morgan fingerprint density at radius 1 is 1.41 bits per heavy atom. The van der Waals surface area contributed by atoms with Crippen LogP contribution < -0.4 is 4.90 Å². The molecule has 1 aromatic carbocycles. The van der Waals surface area contributed by atoms with E-state index in [9.17, 15) is 23.3 Å². The van der Waals surface area contributed by atoms with Gasteiger partial charge in [0, 0.05) is 24.4 Å². The molecule has 0 aromatic heterocycles. The summed E-state index contributed by atoms with van der Waals surface area (Å²) >= 11 is 0. The predicted molar refractivity (Wildman–Crippen MR) is 57.0 cm³/mol. The fourth-order valence-electron chi connectivity index (χ4n) is 1.41. The van der Waals surface area contributed by atoms with E-state index in [2.05, 4.69) is 0 Å². The number of hydrogen-bond acceptors (Lipinski definition) is 3. The summed E-state index contributed by atoms with van der Waals surface area (Å²) in [6.07, 6.45) is -4.33. The molecule has 0 spiro atoms. The van der Waals surface area contributed by atoms with Crippen LogP contribution in [0.5, 0.6) is 0 Å². The lowest BCUT2D eigenvalue weighted by Gasteiger charge is -2.24. The minimum absolute atomic E-state index is 0.126. The summed E-state index contributed by atoms with van der Waals surface area (Å²) in [7, 11) is 0. The van der Waals surface area contributed by atoms with Crippen molar-refractivity contribution in [2.45, 2.75) is 13.1 Å². The van der Waals surface area contributed by atoms with Gasteiger partial charge in [-0.15, -0.1) is 0 Å². The maximum atomic E-state index is 12.3. The van der Waals surface area contributed by atoms with Crippen molar-refractivity contribution in [3.8, 4) is 0 Å². The molecule has 0 heterocycles. The molecule has 94 valence electrons. The largest absolute Gasteiger partial charge is 0.405 e. The second-order valence-corrected chi connectivity index (χ2v) is 3.41. The van der Waals surface area contributed by atoms with Crippen LogP contribution >= 0.6 is 0 Å². The van der Waals surface area contributed by atoms with Gasteiger partial charge < -0.3 is 4.90 Å². The SMILES string of the molecule is CCN(CC(F)(F)F)c1cccc([N+](=O)[O-])c1. The molecule has 0 aliphatic rings. The maximum absolute atomic E-state index is 12.3. The molecule has 4 nitrogen and oxygen atoms in total. The molecule has 0 bridgehead atoms. The third-order valence-electron chi connectivity index (χ3n) is 2.16. The van der Waals surface area contributed by atoms with Gasteiger partial charge >= 0.3 is 6.18 Å². The quantitative estimate of drug-likeness (QED) is 0.607. The first kappa shape index (κ1) is 13.3. The Hall–Kier alpha value is -1.79. The van der Waals surface area contributed by atoms with E-state index in [1.165, 1.54) is 18.2 Å². The highest BCUT2D eigenvalue weighted by molar-refractivity contribution is 5.53. The summed E-state index contributed by atoms with van der Waals surface area (Å²) in [6, 6.07) is 5.16. The lowest BCUT2D eigenvalue weighted by atomic mass is 10.2. The van der Waals surface area contributed by atoms with Gasteiger partial charge in [0.2, 0.25) is 0 Å². The normalized spacial score (nSPS) is 11.3. The summed E-state index contributed by atoms with van der Waals surface area (Å²) in [5.74, 6) is 0. The summed E-state index contributed by atoms with van der Waals surface area (Å²) < 4.78 is 36.8. The molecule has 7 heteroatoms. The van der Waals surface area contributed by atoms with Crippen molar-refractivity contribution in [3.05, 3.63) is 34.4 Å². The molecule has 0 atom stereocenters. The average molecular weight is 248 g/mol.